The lowest BCUT2D eigenvalue weighted by atomic mass is 10.1. The predicted molar refractivity (Wildman–Crippen MR) is 86.6 cm³/mol. The van der Waals surface area contributed by atoms with Crippen molar-refractivity contribution in [2.45, 2.75) is 6.42 Å². The summed E-state index contributed by atoms with van der Waals surface area (Å²) >= 11 is 5.64. The highest BCUT2D eigenvalue weighted by molar-refractivity contribution is 6.30. The van der Waals surface area contributed by atoms with Gasteiger partial charge in [0, 0.05) is 12.6 Å². The smallest absolute Gasteiger partial charge is 0.257 e. The van der Waals surface area contributed by atoms with Crippen LogP contribution in [-0.2, 0) is 11.2 Å². The first-order valence-corrected chi connectivity index (χ1v) is 7.44. The van der Waals surface area contributed by atoms with Gasteiger partial charge in [-0.1, -0.05) is 29.8 Å². The molecule has 0 atom stereocenters. The number of rotatable bonds is 7. The van der Waals surface area contributed by atoms with E-state index in [0.717, 1.165) is 11.3 Å². The zero-order valence-electron chi connectivity index (χ0n) is 12.6. The van der Waals surface area contributed by atoms with Crippen LogP contribution >= 0.6 is 11.6 Å². The number of halogens is 2. The number of carbonyl (C=O) groups excluding carboxylic acids is 1. The average molecular weight is 338 g/mol. The predicted octanol–water partition coefficient (Wildman–Crippen LogP) is 3.23. The van der Waals surface area contributed by atoms with Gasteiger partial charge in [-0.15, -0.1) is 0 Å². The lowest BCUT2D eigenvalue weighted by molar-refractivity contribution is -0.123. The van der Waals surface area contributed by atoms with E-state index >= 15 is 0 Å². The third-order valence-corrected chi connectivity index (χ3v) is 3.46. The van der Waals surface area contributed by atoms with Crippen molar-refractivity contribution in [1.82, 2.24) is 5.32 Å². The number of para-hydroxylation sites is 1. The van der Waals surface area contributed by atoms with Gasteiger partial charge >= 0.3 is 0 Å². The van der Waals surface area contributed by atoms with Crippen molar-refractivity contribution in [1.29, 1.82) is 0 Å². The SMILES string of the molecule is COc1ccccc1CCNC(=O)COc1ccc(F)c(Cl)c1. The number of carbonyl (C=O) groups is 1. The maximum absolute atomic E-state index is 13.0. The van der Waals surface area contributed by atoms with Gasteiger partial charge in [0.05, 0.1) is 12.1 Å². The zero-order valence-corrected chi connectivity index (χ0v) is 13.4. The number of hydrogen-bond donors (Lipinski definition) is 1. The maximum atomic E-state index is 13.0. The summed E-state index contributed by atoms with van der Waals surface area (Å²) in [6.45, 7) is 0.306. The van der Waals surface area contributed by atoms with E-state index in [4.69, 9.17) is 21.1 Å². The summed E-state index contributed by atoms with van der Waals surface area (Å²) < 4.78 is 23.5. The third-order valence-electron chi connectivity index (χ3n) is 3.17. The van der Waals surface area contributed by atoms with E-state index in [0.29, 0.717) is 18.7 Å². The summed E-state index contributed by atoms with van der Waals surface area (Å²) in [6.07, 6.45) is 0.651. The second-order valence-corrected chi connectivity index (χ2v) is 5.18. The second-order valence-electron chi connectivity index (χ2n) is 4.78. The normalized spacial score (nSPS) is 10.2. The van der Waals surface area contributed by atoms with Gasteiger partial charge in [0.15, 0.2) is 6.61 Å². The second kappa shape index (κ2) is 8.39. The van der Waals surface area contributed by atoms with Crippen molar-refractivity contribution < 1.29 is 18.7 Å². The molecule has 2 aromatic carbocycles. The first-order chi connectivity index (χ1) is 11.1. The number of ether oxygens (including phenoxy) is 2. The van der Waals surface area contributed by atoms with Crippen LogP contribution in [0.4, 0.5) is 4.39 Å². The highest BCUT2D eigenvalue weighted by atomic mass is 35.5. The van der Waals surface area contributed by atoms with E-state index in [1.165, 1.54) is 18.2 Å². The first kappa shape index (κ1) is 17.1. The largest absolute Gasteiger partial charge is 0.496 e. The molecular formula is C17H17ClFNO3. The zero-order chi connectivity index (χ0) is 16.7. The van der Waals surface area contributed by atoms with Crippen LogP contribution in [-0.4, -0.2) is 26.2 Å². The fourth-order valence-electron chi connectivity index (χ4n) is 2.01. The van der Waals surface area contributed by atoms with Crippen LogP contribution in [0.3, 0.4) is 0 Å². The molecule has 0 saturated heterocycles. The van der Waals surface area contributed by atoms with Gasteiger partial charge in [-0.25, -0.2) is 4.39 Å². The molecule has 0 radical (unpaired) electrons. The molecule has 1 N–H and O–H groups in total. The quantitative estimate of drug-likeness (QED) is 0.844. The first-order valence-electron chi connectivity index (χ1n) is 7.06. The summed E-state index contributed by atoms with van der Waals surface area (Å²) in [5.74, 6) is 0.343. The molecule has 122 valence electrons. The Kier molecular flexibility index (Phi) is 6.23. The molecule has 0 aromatic heterocycles. The third kappa shape index (κ3) is 5.14. The van der Waals surface area contributed by atoms with Crippen molar-refractivity contribution in [3.05, 3.63) is 58.9 Å². The fraction of sp³-hybridized carbons (Fsp3) is 0.235. The molecule has 23 heavy (non-hydrogen) atoms. The monoisotopic (exact) mass is 337 g/mol. The molecule has 0 fully saturated rings. The summed E-state index contributed by atoms with van der Waals surface area (Å²) in [4.78, 5) is 11.7. The molecule has 0 bridgehead atoms. The van der Waals surface area contributed by atoms with E-state index in [2.05, 4.69) is 5.32 Å². The summed E-state index contributed by atoms with van der Waals surface area (Å²) in [5.41, 5.74) is 1.02. The van der Waals surface area contributed by atoms with Crippen LogP contribution in [0.15, 0.2) is 42.5 Å². The van der Waals surface area contributed by atoms with Crippen LogP contribution in [0, 0.1) is 5.82 Å². The van der Waals surface area contributed by atoms with E-state index in [1.54, 1.807) is 7.11 Å². The van der Waals surface area contributed by atoms with Gasteiger partial charge in [0.25, 0.3) is 5.91 Å². The van der Waals surface area contributed by atoms with E-state index in [1.807, 2.05) is 24.3 Å². The van der Waals surface area contributed by atoms with Crippen LogP contribution in [0.25, 0.3) is 0 Å². The van der Waals surface area contributed by atoms with Crippen molar-refractivity contribution in [2.75, 3.05) is 20.3 Å². The summed E-state index contributed by atoms with van der Waals surface area (Å²) in [6, 6.07) is 11.6. The molecule has 0 spiro atoms. The minimum absolute atomic E-state index is 0.0425. The Morgan fingerprint density at radius 3 is 2.78 bits per heavy atom. The van der Waals surface area contributed by atoms with Crippen molar-refractivity contribution in [3.8, 4) is 11.5 Å². The van der Waals surface area contributed by atoms with Gasteiger partial charge < -0.3 is 14.8 Å². The topological polar surface area (TPSA) is 47.6 Å². The molecule has 6 heteroatoms. The Balaban J connectivity index is 1.76. The fourth-order valence-corrected chi connectivity index (χ4v) is 2.18. The van der Waals surface area contributed by atoms with Gasteiger partial charge in [-0.3, -0.25) is 4.79 Å². The Morgan fingerprint density at radius 2 is 2.04 bits per heavy atom. The van der Waals surface area contributed by atoms with E-state index in [9.17, 15) is 9.18 Å². The Hall–Kier alpha value is -2.27. The van der Waals surface area contributed by atoms with Gasteiger partial charge in [0.1, 0.15) is 17.3 Å². The molecule has 1 amide bonds. The van der Waals surface area contributed by atoms with Crippen molar-refractivity contribution in [2.24, 2.45) is 0 Å². The van der Waals surface area contributed by atoms with Crippen molar-refractivity contribution in [3.63, 3.8) is 0 Å². The molecule has 0 saturated carbocycles. The molecule has 0 aliphatic heterocycles. The summed E-state index contributed by atoms with van der Waals surface area (Å²) in [5, 5.41) is 2.71. The molecule has 0 heterocycles. The minimum atomic E-state index is -0.528. The van der Waals surface area contributed by atoms with Gasteiger partial charge in [-0.05, 0) is 30.2 Å². The maximum Gasteiger partial charge on any atom is 0.257 e. The molecule has 0 unspecified atom stereocenters. The standard InChI is InChI=1S/C17H17ClFNO3/c1-22-16-5-3-2-4-12(16)8-9-20-17(21)11-23-13-6-7-15(19)14(18)10-13/h2-7,10H,8-9,11H2,1H3,(H,20,21). The van der Waals surface area contributed by atoms with Crippen LogP contribution in [0.1, 0.15) is 5.56 Å². The highest BCUT2D eigenvalue weighted by Gasteiger charge is 2.06. The van der Waals surface area contributed by atoms with Gasteiger partial charge in [0.2, 0.25) is 0 Å². The molecular weight excluding hydrogens is 321 g/mol. The molecule has 2 aromatic rings. The number of hydrogen-bond acceptors (Lipinski definition) is 3. The minimum Gasteiger partial charge on any atom is -0.496 e. The Bertz CT molecular complexity index is 679. The van der Waals surface area contributed by atoms with Crippen molar-refractivity contribution >= 4 is 17.5 Å². The van der Waals surface area contributed by atoms with Crippen LogP contribution < -0.4 is 14.8 Å². The van der Waals surface area contributed by atoms with Crippen LogP contribution in [0.2, 0.25) is 5.02 Å². The molecule has 0 aliphatic carbocycles. The lowest BCUT2D eigenvalue weighted by Crippen LogP contribution is -2.30. The Labute approximate surface area is 139 Å². The molecule has 2 rings (SSSR count). The van der Waals surface area contributed by atoms with E-state index in [-0.39, 0.29) is 17.5 Å². The highest BCUT2D eigenvalue weighted by Crippen LogP contribution is 2.21. The number of amides is 1. The van der Waals surface area contributed by atoms with Gasteiger partial charge in [-0.2, -0.15) is 0 Å². The lowest BCUT2D eigenvalue weighted by Gasteiger charge is -2.10. The summed E-state index contributed by atoms with van der Waals surface area (Å²) in [7, 11) is 1.61. The number of benzene rings is 2. The number of nitrogens with one attached hydrogen (secondary N) is 1. The average Bonchev–Trinajstić information content (AvgIpc) is 2.56. The van der Waals surface area contributed by atoms with Crippen LogP contribution in [0.5, 0.6) is 11.5 Å². The molecule has 4 nitrogen and oxygen atoms in total. The Morgan fingerprint density at radius 1 is 1.26 bits per heavy atom. The van der Waals surface area contributed by atoms with E-state index < -0.39 is 5.82 Å². The molecule has 0 aliphatic rings. The number of methoxy groups -OCH3 is 1.